The largest absolute Gasteiger partial charge is 0.388 e. The van der Waals surface area contributed by atoms with E-state index < -0.39 is 0 Å². The molecule has 0 atom stereocenters. The molecule has 0 aliphatic rings. The van der Waals surface area contributed by atoms with Crippen molar-refractivity contribution >= 4 is 46.1 Å². The Labute approximate surface area is 270 Å². The van der Waals surface area contributed by atoms with Gasteiger partial charge in [-0.15, -0.1) is 0 Å². The summed E-state index contributed by atoms with van der Waals surface area (Å²) in [7, 11) is 3.65. The zero-order valence-corrected chi connectivity index (χ0v) is 22.9. The molecule has 0 saturated heterocycles. The molecule has 0 saturated carbocycles. The van der Waals surface area contributed by atoms with Crippen molar-refractivity contribution in [2.45, 2.75) is 51.0 Å². The quantitative estimate of drug-likeness (QED) is 0.147. The monoisotopic (exact) mass is 616 g/mol. The highest BCUT2D eigenvalue weighted by Gasteiger charge is 2.09. The van der Waals surface area contributed by atoms with Crippen molar-refractivity contribution in [2.24, 2.45) is 0 Å². The molecule has 0 aromatic heterocycles. The number of carbonyl (C=O) groups excluding carboxylic acids is 4. The molecular formula is C37H52N4O4. The van der Waals surface area contributed by atoms with Crippen LogP contribution in [0.3, 0.4) is 0 Å². The molecule has 45 heavy (non-hydrogen) atoms. The van der Waals surface area contributed by atoms with Crippen molar-refractivity contribution in [3.05, 3.63) is 119 Å². The molecule has 0 aliphatic heterocycles. The average Bonchev–Trinajstić information content (AvgIpc) is 2.98. The van der Waals surface area contributed by atoms with Gasteiger partial charge in [0.1, 0.15) is 0 Å². The van der Waals surface area contributed by atoms with Crippen LogP contribution in [0.4, 0.5) is 22.7 Å². The molecule has 4 rings (SSSR count). The Bertz CT molecular complexity index is 1500. The zero-order chi connectivity index (χ0) is 29.1. The molecule has 4 aromatic rings. The number of benzene rings is 4. The molecular weight excluding hydrogens is 564 g/mol. The van der Waals surface area contributed by atoms with E-state index in [0.29, 0.717) is 27.9 Å². The fourth-order valence-corrected chi connectivity index (χ4v) is 3.61. The second-order valence-corrected chi connectivity index (χ2v) is 8.84. The van der Waals surface area contributed by atoms with Crippen LogP contribution in [0.2, 0.25) is 0 Å². The lowest BCUT2D eigenvalue weighted by Crippen LogP contribution is -2.12. The Balaban J connectivity index is -0.000000706. The number of nitrogens with one attached hydrogen (secondary N) is 4. The van der Waals surface area contributed by atoms with Crippen LogP contribution < -0.4 is 21.3 Å². The molecule has 0 fully saturated rings. The van der Waals surface area contributed by atoms with Crippen LogP contribution in [0.1, 0.15) is 92.4 Å². The lowest BCUT2D eigenvalue weighted by molar-refractivity contribution is 0.100. The van der Waals surface area contributed by atoms with E-state index in [4.69, 9.17) is 0 Å². The molecule has 0 unspecified atom stereocenters. The van der Waals surface area contributed by atoms with E-state index in [9.17, 15) is 19.2 Å². The summed E-state index contributed by atoms with van der Waals surface area (Å²) in [5, 5.41) is 11.6. The SMILES string of the molecule is C.C.C.C.C.CNc1ccc(NC(=O)c2ccc(C(C)=O)cc2)cc1.CNc1cccc(NC(=O)c2cccc(C(C)=O)c2)c1. The minimum absolute atomic E-state index is 0. The number of hydrogen-bond acceptors (Lipinski definition) is 6. The van der Waals surface area contributed by atoms with E-state index >= 15 is 0 Å². The third kappa shape index (κ3) is 13.3. The number of anilines is 4. The van der Waals surface area contributed by atoms with Crippen LogP contribution >= 0.6 is 0 Å². The Kier molecular flexibility index (Phi) is 21.1. The van der Waals surface area contributed by atoms with Gasteiger partial charge in [-0.25, -0.2) is 0 Å². The molecule has 0 spiro atoms. The summed E-state index contributed by atoms with van der Waals surface area (Å²) in [6.07, 6.45) is 0. The van der Waals surface area contributed by atoms with Crippen molar-refractivity contribution < 1.29 is 19.2 Å². The van der Waals surface area contributed by atoms with Gasteiger partial charge >= 0.3 is 0 Å². The van der Waals surface area contributed by atoms with E-state index in [1.165, 1.54) is 13.8 Å². The maximum absolute atomic E-state index is 12.1. The van der Waals surface area contributed by atoms with Crippen molar-refractivity contribution in [1.82, 2.24) is 0 Å². The van der Waals surface area contributed by atoms with Crippen LogP contribution in [0.25, 0.3) is 0 Å². The summed E-state index contributed by atoms with van der Waals surface area (Å²) in [5.74, 6) is -0.505. The minimum atomic E-state index is -0.235. The van der Waals surface area contributed by atoms with Gasteiger partial charge < -0.3 is 21.3 Å². The Morgan fingerprint density at radius 2 is 0.844 bits per heavy atom. The van der Waals surface area contributed by atoms with E-state index in [-0.39, 0.29) is 60.5 Å². The number of hydrogen-bond donors (Lipinski definition) is 4. The highest BCUT2D eigenvalue weighted by molar-refractivity contribution is 6.06. The predicted octanol–water partition coefficient (Wildman–Crippen LogP) is 9.55. The summed E-state index contributed by atoms with van der Waals surface area (Å²) in [4.78, 5) is 46.7. The second kappa shape index (κ2) is 21.4. The van der Waals surface area contributed by atoms with E-state index in [0.717, 1.165) is 17.1 Å². The molecule has 0 radical (unpaired) electrons. The molecule has 0 heterocycles. The summed E-state index contributed by atoms with van der Waals surface area (Å²) >= 11 is 0. The molecule has 8 nitrogen and oxygen atoms in total. The molecule has 0 bridgehead atoms. The highest BCUT2D eigenvalue weighted by Crippen LogP contribution is 2.17. The van der Waals surface area contributed by atoms with Gasteiger partial charge in [0.25, 0.3) is 11.8 Å². The molecule has 0 aliphatic carbocycles. The summed E-state index contributed by atoms with van der Waals surface area (Å²) in [6.45, 7) is 2.98. The van der Waals surface area contributed by atoms with Crippen LogP contribution in [0, 0.1) is 0 Å². The standard InChI is InChI=1S/2C16H16N2O2.5CH4/c1-11(19)12-3-5-13(6-4-12)16(20)18-15-9-7-14(17-2)8-10-15;1-11(19)12-5-3-6-13(9-12)16(20)18-15-8-4-7-14(10-15)17-2;;;;;/h2*3-10,17H,1-2H3,(H,18,20);5*1H4. The first kappa shape index (κ1) is 44.2. The number of amides is 2. The normalized spacial score (nSPS) is 8.80. The zero-order valence-electron chi connectivity index (χ0n) is 22.9. The van der Waals surface area contributed by atoms with Crippen molar-refractivity contribution in [3.8, 4) is 0 Å². The van der Waals surface area contributed by atoms with Crippen LogP contribution in [0.5, 0.6) is 0 Å². The van der Waals surface area contributed by atoms with Crippen LogP contribution in [0.15, 0.2) is 97.1 Å². The number of ketones is 2. The van der Waals surface area contributed by atoms with Gasteiger partial charge in [-0.2, -0.15) is 0 Å². The molecule has 2 amide bonds. The number of Topliss-reactive ketones (excluding diaryl/α,β-unsaturated/α-hetero) is 2. The first-order chi connectivity index (χ1) is 19.2. The first-order valence-corrected chi connectivity index (χ1v) is 12.6. The third-order valence-corrected chi connectivity index (χ3v) is 5.93. The molecule has 4 aromatic carbocycles. The smallest absolute Gasteiger partial charge is 0.255 e. The fraction of sp³-hybridized carbons (Fsp3) is 0.243. The maximum Gasteiger partial charge on any atom is 0.255 e. The van der Waals surface area contributed by atoms with Gasteiger partial charge in [0.05, 0.1) is 0 Å². The first-order valence-electron chi connectivity index (χ1n) is 12.6. The third-order valence-electron chi connectivity index (χ3n) is 5.93. The van der Waals surface area contributed by atoms with Crippen molar-refractivity contribution in [3.63, 3.8) is 0 Å². The molecule has 4 N–H and O–H groups in total. The minimum Gasteiger partial charge on any atom is -0.388 e. The molecule has 244 valence electrons. The topological polar surface area (TPSA) is 116 Å². The van der Waals surface area contributed by atoms with Crippen LogP contribution in [-0.4, -0.2) is 37.5 Å². The summed E-state index contributed by atoms with van der Waals surface area (Å²) in [5.41, 5.74) is 5.44. The summed E-state index contributed by atoms with van der Waals surface area (Å²) < 4.78 is 0. The highest BCUT2D eigenvalue weighted by atomic mass is 16.2. The second-order valence-electron chi connectivity index (χ2n) is 8.84. The van der Waals surface area contributed by atoms with Crippen molar-refractivity contribution in [1.29, 1.82) is 0 Å². The van der Waals surface area contributed by atoms with Gasteiger partial charge in [0, 0.05) is 59.1 Å². The van der Waals surface area contributed by atoms with E-state index in [1.807, 2.05) is 62.6 Å². The Morgan fingerprint density at radius 1 is 0.422 bits per heavy atom. The number of rotatable bonds is 8. The summed E-state index contributed by atoms with van der Waals surface area (Å²) in [6, 6.07) is 28.1. The van der Waals surface area contributed by atoms with Gasteiger partial charge in [-0.05, 0) is 80.6 Å². The van der Waals surface area contributed by atoms with Gasteiger partial charge in [0.2, 0.25) is 0 Å². The lowest BCUT2D eigenvalue weighted by atomic mass is 10.1. The predicted molar refractivity (Wildman–Crippen MR) is 194 cm³/mol. The number of carbonyl (C=O) groups is 4. The van der Waals surface area contributed by atoms with Gasteiger partial charge in [-0.1, -0.05) is 67.5 Å². The van der Waals surface area contributed by atoms with E-state index in [2.05, 4.69) is 21.3 Å². The fourth-order valence-electron chi connectivity index (χ4n) is 3.61. The average molecular weight is 617 g/mol. The van der Waals surface area contributed by atoms with Crippen molar-refractivity contribution in [2.75, 3.05) is 35.4 Å². The maximum atomic E-state index is 12.1. The lowest BCUT2D eigenvalue weighted by Gasteiger charge is -2.08. The Morgan fingerprint density at radius 3 is 1.38 bits per heavy atom. The van der Waals surface area contributed by atoms with Gasteiger partial charge in [-0.3, -0.25) is 19.2 Å². The van der Waals surface area contributed by atoms with Crippen LogP contribution in [-0.2, 0) is 0 Å². The van der Waals surface area contributed by atoms with Gasteiger partial charge in [0.15, 0.2) is 11.6 Å². The molecule has 8 heteroatoms. The van der Waals surface area contributed by atoms with E-state index in [1.54, 1.807) is 48.5 Å². The Hall–Kier alpha value is -5.24.